The second kappa shape index (κ2) is 4.12. The first-order valence-electron chi connectivity index (χ1n) is 4.75. The van der Waals surface area contributed by atoms with E-state index in [4.69, 9.17) is 5.11 Å². The van der Waals surface area contributed by atoms with E-state index in [1.54, 1.807) is 0 Å². The zero-order chi connectivity index (χ0) is 11.6. The number of nitrogens with zero attached hydrogens (tertiary/aromatic N) is 1. The molecule has 0 bridgehead atoms. The SMILES string of the molecule is CC(=O)N1CCCCC1C(F)(F)C(=O)O. The highest BCUT2D eigenvalue weighted by Crippen LogP contribution is 2.31. The van der Waals surface area contributed by atoms with Crippen LogP contribution in [0.2, 0.25) is 0 Å². The van der Waals surface area contributed by atoms with E-state index in [0.717, 1.165) is 4.90 Å². The second-order valence-corrected chi connectivity index (χ2v) is 3.65. The first kappa shape index (κ1) is 11.9. The van der Waals surface area contributed by atoms with E-state index in [9.17, 15) is 18.4 Å². The molecule has 1 aliphatic rings. The summed E-state index contributed by atoms with van der Waals surface area (Å²) in [6, 6.07) is -1.50. The van der Waals surface area contributed by atoms with Crippen LogP contribution in [0, 0.1) is 0 Å². The molecule has 1 saturated heterocycles. The number of piperidine rings is 1. The number of rotatable bonds is 2. The third kappa shape index (κ3) is 2.24. The summed E-state index contributed by atoms with van der Waals surface area (Å²) in [6.07, 6.45) is 1.21. The molecular weight excluding hydrogens is 208 g/mol. The lowest BCUT2D eigenvalue weighted by atomic mass is 9.96. The van der Waals surface area contributed by atoms with E-state index in [-0.39, 0.29) is 13.0 Å². The van der Waals surface area contributed by atoms with Gasteiger partial charge in [0.25, 0.3) is 0 Å². The van der Waals surface area contributed by atoms with Crippen LogP contribution in [0.15, 0.2) is 0 Å². The summed E-state index contributed by atoms with van der Waals surface area (Å²) in [5, 5.41) is 8.41. The van der Waals surface area contributed by atoms with Crippen molar-refractivity contribution in [1.29, 1.82) is 0 Å². The van der Waals surface area contributed by atoms with E-state index < -0.39 is 23.8 Å². The maximum atomic E-state index is 13.2. The largest absolute Gasteiger partial charge is 0.477 e. The molecule has 1 N–H and O–H groups in total. The number of alkyl halides is 2. The number of aliphatic carboxylic acids is 1. The Bertz CT molecular complexity index is 281. The van der Waals surface area contributed by atoms with Crippen LogP contribution >= 0.6 is 0 Å². The average Bonchev–Trinajstić information content (AvgIpc) is 2.17. The Kier molecular flexibility index (Phi) is 3.26. The molecule has 1 fully saturated rings. The number of carbonyl (C=O) groups is 2. The molecule has 0 saturated carbocycles. The van der Waals surface area contributed by atoms with Gasteiger partial charge in [0.2, 0.25) is 5.91 Å². The minimum absolute atomic E-state index is 0.0406. The zero-order valence-electron chi connectivity index (χ0n) is 8.37. The number of carboxylic acids is 1. The lowest BCUT2D eigenvalue weighted by molar-refractivity contribution is -0.180. The molecule has 0 aliphatic carbocycles. The van der Waals surface area contributed by atoms with E-state index in [2.05, 4.69) is 0 Å². The molecule has 0 aromatic heterocycles. The summed E-state index contributed by atoms with van der Waals surface area (Å²) in [5.41, 5.74) is 0. The van der Waals surface area contributed by atoms with Crippen LogP contribution in [0.25, 0.3) is 0 Å². The molecule has 15 heavy (non-hydrogen) atoms. The molecule has 1 heterocycles. The van der Waals surface area contributed by atoms with Gasteiger partial charge in [-0.2, -0.15) is 8.78 Å². The Hall–Kier alpha value is -1.20. The molecule has 0 radical (unpaired) electrons. The third-order valence-corrected chi connectivity index (χ3v) is 2.61. The van der Waals surface area contributed by atoms with Gasteiger partial charge in [-0.3, -0.25) is 4.79 Å². The van der Waals surface area contributed by atoms with Gasteiger partial charge in [-0.05, 0) is 19.3 Å². The molecular formula is C9H13F2NO3. The quantitative estimate of drug-likeness (QED) is 0.759. The molecule has 86 valence electrons. The lowest BCUT2D eigenvalue weighted by Crippen LogP contribution is -2.55. The van der Waals surface area contributed by atoms with Gasteiger partial charge in [0.15, 0.2) is 0 Å². The summed E-state index contributed by atoms with van der Waals surface area (Å²) < 4.78 is 26.5. The highest BCUT2D eigenvalue weighted by Gasteiger charge is 2.51. The molecule has 0 spiro atoms. The molecule has 4 nitrogen and oxygen atoms in total. The summed E-state index contributed by atoms with van der Waals surface area (Å²) in [4.78, 5) is 22.4. The summed E-state index contributed by atoms with van der Waals surface area (Å²) in [7, 11) is 0. The predicted octanol–water partition coefficient (Wildman–Crippen LogP) is 1.11. The molecule has 1 rings (SSSR count). The first-order valence-corrected chi connectivity index (χ1v) is 4.75. The van der Waals surface area contributed by atoms with Gasteiger partial charge in [0.05, 0.1) is 0 Å². The van der Waals surface area contributed by atoms with Crippen molar-refractivity contribution in [3.8, 4) is 0 Å². The molecule has 6 heteroatoms. The van der Waals surface area contributed by atoms with Crippen LogP contribution < -0.4 is 0 Å². The van der Waals surface area contributed by atoms with Crippen molar-refractivity contribution in [2.24, 2.45) is 0 Å². The van der Waals surface area contributed by atoms with Crippen molar-refractivity contribution in [3.63, 3.8) is 0 Å². The minimum atomic E-state index is -3.86. The van der Waals surface area contributed by atoms with Gasteiger partial charge >= 0.3 is 11.9 Å². The average molecular weight is 221 g/mol. The molecule has 1 unspecified atom stereocenters. The number of halogens is 2. The Morgan fingerprint density at radius 3 is 2.47 bits per heavy atom. The Balaban J connectivity index is 2.89. The highest BCUT2D eigenvalue weighted by molar-refractivity contribution is 5.79. The minimum Gasteiger partial charge on any atom is -0.477 e. The van der Waals surface area contributed by atoms with Crippen LogP contribution in [-0.4, -0.2) is 40.4 Å². The fraction of sp³-hybridized carbons (Fsp3) is 0.778. The second-order valence-electron chi connectivity index (χ2n) is 3.65. The van der Waals surface area contributed by atoms with Crippen molar-refractivity contribution in [2.75, 3.05) is 6.54 Å². The zero-order valence-corrected chi connectivity index (χ0v) is 8.37. The maximum absolute atomic E-state index is 13.2. The van der Waals surface area contributed by atoms with Crippen LogP contribution in [0.1, 0.15) is 26.2 Å². The van der Waals surface area contributed by atoms with E-state index in [0.29, 0.717) is 12.8 Å². The third-order valence-electron chi connectivity index (χ3n) is 2.61. The number of likely N-dealkylation sites (tertiary alicyclic amines) is 1. The van der Waals surface area contributed by atoms with Crippen LogP contribution in [0.5, 0.6) is 0 Å². The molecule has 1 aliphatic heterocycles. The van der Waals surface area contributed by atoms with Gasteiger partial charge < -0.3 is 10.0 Å². The van der Waals surface area contributed by atoms with Gasteiger partial charge in [-0.15, -0.1) is 0 Å². The van der Waals surface area contributed by atoms with Crippen LogP contribution in [-0.2, 0) is 9.59 Å². The van der Waals surface area contributed by atoms with Crippen LogP contribution in [0.3, 0.4) is 0 Å². The summed E-state index contributed by atoms with van der Waals surface area (Å²) >= 11 is 0. The van der Waals surface area contributed by atoms with Crippen molar-refractivity contribution < 1.29 is 23.5 Å². The van der Waals surface area contributed by atoms with Crippen molar-refractivity contribution >= 4 is 11.9 Å². The van der Waals surface area contributed by atoms with Crippen LogP contribution in [0.4, 0.5) is 8.78 Å². The Labute approximate surface area is 85.9 Å². The number of carboxylic acid groups (broad SMARTS) is 1. The molecule has 0 aromatic carbocycles. The van der Waals surface area contributed by atoms with E-state index >= 15 is 0 Å². The fourth-order valence-electron chi connectivity index (χ4n) is 1.83. The van der Waals surface area contributed by atoms with Gasteiger partial charge in [-0.25, -0.2) is 4.79 Å². The summed E-state index contributed by atoms with van der Waals surface area (Å²) in [6.45, 7) is 1.39. The highest BCUT2D eigenvalue weighted by atomic mass is 19.3. The normalized spacial score (nSPS) is 22.6. The maximum Gasteiger partial charge on any atom is 0.376 e. The first-order chi connectivity index (χ1) is 6.87. The van der Waals surface area contributed by atoms with Crippen molar-refractivity contribution in [1.82, 2.24) is 4.90 Å². The smallest absolute Gasteiger partial charge is 0.376 e. The number of hydrogen-bond acceptors (Lipinski definition) is 2. The lowest BCUT2D eigenvalue weighted by Gasteiger charge is -2.37. The molecule has 1 atom stereocenters. The predicted molar refractivity (Wildman–Crippen MR) is 47.6 cm³/mol. The van der Waals surface area contributed by atoms with Gasteiger partial charge in [-0.1, -0.05) is 0 Å². The van der Waals surface area contributed by atoms with Gasteiger partial charge in [0, 0.05) is 13.5 Å². The van der Waals surface area contributed by atoms with E-state index in [1.807, 2.05) is 0 Å². The van der Waals surface area contributed by atoms with Crippen molar-refractivity contribution in [2.45, 2.75) is 38.2 Å². The molecule has 1 amide bonds. The number of amides is 1. The number of hydrogen-bond donors (Lipinski definition) is 1. The van der Waals surface area contributed by atoms with E-state index in [1.165, 1.54) is 6.92 Å². The number of carbonyl (C=O) groups excluding carboxylic acids is 1. The monoisotopic (exact) mass is 221 g/mol. The van der Waals surface area contributed by atoms with Gasteiger partial charge in [0.1, 0.15) is 6.04 Å². The standard InChI is InChI=1S/C9H13F2NO3/c1-6(13)12-5-3-2-4-7(12)9(10,11)8(14)15/h7H,2-5H2,1H3,(H,14,15). The Morgan fingerprint density at radius 1 is 1.40 bits per heavy atom. The summed E-state index contributed by atoms with van der Waals surface area (Å²) in [5.74, 6) is -6.52. The molecule has 0 aromatic rings. The fourth-order valence-corrected chi connectivity index (χ4v) is 1.83. The Morgan fingerprint density at radius 2 is 2.00 bits per heavy atom. The van der Waals surface area contributed by atoms with Crippen molar-refractivity contribution in [3.05, 3.63) is 0 Å². The topological polar surface area (TPSA) is 57.6 Å².